The third-order valence-corrected chi connectivity index (χ3v) is 6.17. The fourth-order valence-corrected chi connectivity index (χ4v) is 4.82. The first-order valence-electron chi connectivity index (χ1n) is 10.2. The first-order valence-corrected chi connectivity index (χ1v) is 11.5. The molecule has 1 saturated heterocycles. The fraction of sp³-hybridized carbons (Fsp3) is 0.333. The van der Waals surface area contributed by atoms with Crippen molar-refractivity contribution in [1.29, 1.82) is 0 Å². The zero-order chi connectivity index (χ0) is 23.1. The quantitative estimate of drug-likeness (QED) is 0.483. The first kappa shape index (κ1) is 23.8. The van der Waals surface area contributed by atoms with Crippen LogP contribution in [0.1, 0.15) is 19.4 Å². The maximum Gasteiger partial charge on any atom is 0.242 e. The van der Waals surface area contributed by atoms with E-state index in [4.69, 9.17) is 37.2 Å². The van der Waals surface area contributed by atoms with Gasteiger partial charge < -0.3 is 14.2 Å². The van der Waals surface area contributed by atoms with E-state index >= 15 is 0 Å². The molecule has 0 bridgehead atoms. The largest absolute Gasteiger partial charge is 0.494 e. The Labute approximate surface area is 197 Å². The number of carbonyl (C=O) groups is 1. The maximum atomic E-state index is 13.0. The molecule has 1 aliphatic rings. The number of amides is 1. The fourth-order valence-electron chi connectivity index (χ4n) is 3.27. The van der Waals surface area contributed by atoms with Gasteiger partial charge >= 0.3 is 0 Å². The lowest BCUT2D eigenvalue weighted by Crippen LogP contribution is -2.32. The summed E-state index contributed by atoms with van der Waals surface area (Å²) >= 11 is 7.83. The van der Waals surface area contributed by atoms with Gasteiger partial charge in [-0.15, -0.1) is 6.42 Å². The number of hydrogen-bond acceptors (Lipinski definition) is 6. The number of halogens is 1. The van der Waals surface area contributed by atoms with Gasteiger partial charge in [-0.2, -0.15) is 0 Å². The Morgan fingerprint density at radius 3 is 2.59 bits per heavy atom. The van der Waals surface area contributed by atoms with E-state index in [0.29, 0.717) is 41.3 Å². The van der Waals surface area contributed by atoms with Crippen LogP contribution < -0.4 is 14.2 Å². The molecular formula is C24H25ClN2O4S. The zero-order valence-electron chi connectivity index (χ0n) is 18.3. The van der Waals surface area contributed by atoms with Crippen LogP contribution in [0.2, 0.25) is 5.02 Å². The van der Waals surface area contributed by atoms with Crippen molar-refractivity contribution >= 4 is 40.1 Å². The lowest BCUT2D eigenvalue weighted by atomic mass is 10.1. The highest BCUT2D eigenvalue weighted by Gasteiger charge is 2.37. The number of nitrogens with zero attached hydrogens (tertiary/aromatic N) is 2. The van der Waals surface area contributed by atoms with E-state index in [1.54, 1.807) is 11.0 Å². The third-order valence-electron chi connectivity index (χ3n) is 4.72. The van der Waals surface area contributed by atoms with Gasteiger partial charge in [0.25, 0.3) is 0 Å². The molecule has 32 heavy (non-hydrogen) atoms. The second kappa shape index (κ2) is 11.2. The average Bonchev–Trinajstić information content (AvgIpc) is 3.07. The summed E-state index contributed by atoms with van der Waals surface area (Å²) in [6, 6.07) is 11.1. The molecule has 3 rings (SSSR count). The lowest BCUT2D eigenvalue weighted by Gasteiger charge is -2.15. The van der Waals surface area contributed by atoms with Gasteiger partial charge in [0.2, 0.25) is 5.91 Å². The van der Waals surface area contributed by atoms with Crippen molar-refractivity contribution in [3.8, 4) is 29.6 Å². The van der Waals surface area contributed by atoms with Crippen LogP contribution in [0.15, 0.2) is 41.4 Å². The van der Waals surface area contributed by atoms with Gasteiger partial charge in [0.1, 0.15) is 12.4 Å². The summed E-state index contributed by atoms with van der Waals surface area (Å²) in [4.78, 5) is 19.4. The van der Waals surface area contributed by atoms with Crippen molar-refractivity contribution in [2.24, 2.45) is 4.99 Å². The number of rotatable bonds is 9. The summed E-state index contributed by atoms with van der Waals surface area (Å²) in [6.45, 7) is 5.11. The molecule has 0 saturated carbocycles. The standard InChI is InChI=1S/C24H25ClN2O4S/c1-5-12-31-22-19(25)13-16(14-20(22)29-4)15-21-23(28)27(6-2)24(32-21)26-17-8-10-18(11-9-17)30-7-3/h1,8-11,13-14,21H,6-7,12,15H2,2-4H3/t21-/m0/s1. The summed E-state index contributed by atoms with van der Waals surface area (Å²) in [6.07, 6.45) is 5.75. The van der Waals surface area contributed by atoms with Crippen LogP contribution in [-0.2, 0) is 11.2 Å². The normalized spacial score (nSPS) is 16.8. The highest BCUT2D eigenvalue weighted by atomic mass is 35.5. The van der Waals surface area contributed by atoms with Gasteiger partial charge in [-0.3, -0.25) is 9.69 Å². The van der Waals surface area contributed by atoms with Crippen LogP contribution >= 0.6 is 23.4 Å². The van der Waals surface area contributed by atoms with E-state index in [1.165, 1.54) is 18.9 Å². The highest BCUT2D eigenvalue weighted by Crippen LogP contribution is 2.38. The van der Waals surface area contributed by atoms with Gasteiger partial charge in [-0.05, 0) is 62.2 Å². The predicted octanol–water partition coefficient (Wildman–Crippen LogP) is 4.95. The van der Waals surface area contributed by atoms with E-state index < -0.39 is 0 Å². The minimum absolute atomic E-state index is 0.0185. The summed E-state index contributed by atoms with van der Waals surface area (Å²) < 4.78 is 16.4. The number of benzene rings is 2. The van der Waals surface area contributed by atoms with Crippen molar-refractivity contribution in [1.82, 2.24) is 4.90 Å². The summed E-state index contributed by atoms with van der Waals surface area (Å²) in [5, 5.41) is 0.758. The van der Waals surface area contributed by atoms with Crippen LogP contribution in [0.25, 0.3) is 0 Å². The Kier molecular flexibility index (Phi) is 8.32. The van der Waals surface area contributed by atoms with E-state index in [0.717, 1.165) is 17.0 Å². The number of ether oxygens (including phenoxy) is 3. The van der Waals surface area contributed by atoms with Crippen molar-refractivity contribution in [2.75, 3.05) is 26.9 Å². The molecule has 2 aromatic carbocycles. The van der Waals surface area contributed by atoms with Crippen molar-refractivity contribution < 1.29 is 19.0 Å². The van der Waals surface area contributed by atoms with Gasteiger partial charge in [0.15, 0.2) is 16.7 Å². The van der Waals surface area contributed by atoms with Gasteiger partial charge in [0.05, 0.1) is 29.7 Å². The molecule has 1 aliphatic heterocycles. The minimum atomic E-state index is -0.311. The van der Waals surface area contributed by atoms with Gasteiger partial charge in [0, 0.05) is 6.54 Å². The van der Waals surface area contributed by atoms with Crippen LogP contribution in [-0.4, -0.2) is 48.1 Å². The Hall–Kier alpha value is -2.82. The molecule has 1 amide bonds. The second-order valence-electron chi connectivity index (χ2n) is 6.82. The van der Waals surface area contributed by atoms with E-state index in [1.807, 2.05) is 44.2 Å². The SMILES string of the molecule is C#CCOc1c(Cl)cc(C[C@@H]2SC(=Nc3ccc(OCC)cc3)N(CC)C2=O)cc1OC. The number of aliphatic imine (C=N–C) groups is 1. The molecular weight excluding hydrogens is 448 g/mol. The molecule has 0 aliphatic carbocycles. The van der Waals surface area contributed by atoms with E-state index in [-0.39, 0.29) is 17.8 Å². The smallest absolute Gasteiger partial charge is 0.242 e. The molecule has 1 heterocycles. The van der Waals surface area contributed by atoms with Crippen LogP contribution in [0.5, 0.6) is 17.2 Å². The molecule has 6 nitrogen and oxygen atoms in total. The van der Waals surface area contributed by atoms with Crippen LogP contribution in [0.3, 0.4) is 0 Å². The minimum Gasteiger partial charge on any atom is -0.494 e. The summed E-state index contributed by atoms with van der Waals surface area (Å²) in [5.74, 6) is 4.09. The van der Waals surface area contributed by atoms with Crippen molar-refractivity contribution in [2.45, 2.75) is 25.5 Å². The van der Waals surface area contributed by atoms with Gasteiger partial charge in [-0.25, -0.2) is 4.99 Å². The number of amidine groups is 1. The predicted molar refractivity (Wildman–Crippen MR) is 130 cm³/mol. The number of terminal acetylenes is 1. The summed E-state index contributed by atoms with van der Waals surface area (Å²) in [7, 11) is 1.54. The molecule has 0 N–H and O–H groups in total. The summed E-state index contributed by atoms with van der Waals surface area (Å²) in [5.41, 5.74) is 1.63. The maximum absolute atomic E-state index is 13.0. The molecule has 1 fully saturated rings. The molecule has 8 heteroatoms. The number of carbonyl (C=O) groups excluding carboxylic acids is 1. The average molecular weight is 473 g/mol. The molecule has 1 atom stereocenters. The van der Waals surface area contributed by atoms with E-state index in [9.17, 15) is 4.79 Å². The monoisotopic (exact) mass is 472 g/mol. The molecule has 168 valence electrons. The lowest BCUT2D eigenvalue weighted by molar-refractivity contribution is -0.126. The molecule has 0 spiro atoms. The number of thioether (sulfide) groups is 1. The van der Waals surface area contributed by atoms with Crippen molar-refractivity contribution in [3.63, 3.8) is 0 Å². The third kappa shape index (κ3) is 5.50. The second-order valence-corrected chi connectivity index (χ2v) is 8.39. The Balaban J connectivity index is 1.80. The Bertz CT molecular complexity index is 1030. The Morgan fingerprint density at radius 2 is 1.97 bits per heavy atom. The molecule has 0 aromatic heterocycles. The van der Waals surface area contributed by atoms with Crippen LogP contribution in [0, 0.1) is 12.3 Å². The van der Waals surface area contributed by atoms with Crippen LogP contribution in [0.4, 0.5) is 5.69 Å². The topological polar surface area (TPSA) is 60.4 Å². The Morgan fingerprint density at radius 1 is 1.22 bits per heavy atom. The number of methoxy groups -OCH3 is 1. The highest BCUT2D eigenvalue weighted by molar-refractivity contribution is 8.15. The molecule has 2 aromatic rings. The van der Waals surface area contributed by atoms with Gasteiger partial charge in [-0.1, -0.05) is 29.3 Å². The van der Waals surface area contributed by atoms with Crippen molar-refractivity contribution in [3.05, 3.63) is 47.0 Å². The molecule has 0 radical (unpaired) electrons. The number of hydrogen-bond donors (Lipinski definition) is 0. The van der Waals surface area contributed by atoms with E-state index in [2.05, 4.69) is 5.92 Å². The zero-order valence-corrected chi connectivity index (χ0v) is 19.8. The first-order chi connectivity index (χ1) is 15.5. The molecule has 0 unspecified atom stereocenters.